The van der Waals surface area contributed by atoms with Crippen molar-refractivity contribution in [1.29, 1.82) is 0 Å². The van der Waals surface area contributed by atoms with Gasteiger partial charge in [0, 0.05) is 37.8 Å². The van der Waals surface area contributed by atoms with Gasteiger partial charge in [-0.1, -0.05) is 36.0 Å². The molecule has 0 bridgehead atoms. The zero-order chi connectivity index (χ0) is 15.4. The Hall–Kier alpha value is -1.63. The maximum atomic E-state index is 12.1. The SMILES string of the molecule is CN1CCN(NC(=O)CSc2nccc3ccccc23)CC1. The Labute approximate surface area is 134 Å². The molecule has 1 saturated heterocycles. The molecule has 1 amide bonds. The van der Waals surface area contributed by atoms with Gasteiger partial charge in [-0.15, -0.1) is 0 Å². The van der Waals surface area contributed by atoms with Gasteiger partial charge in [-0.2, -0.15) is 0 Å². The van der Waals surface area contributed by atoms with Gasteiger partial charge in [0.1, 0.15) is 5.03 Å². The summed E-state index contributed by atoms with van der Waals surface area (Å²) in [5.74, 6) is 0.414. The maximum Gasteiger partial charge on any atom is 0.244 e. The standard InChI is InChI=1S/C16H20N4OS/c1-19-8-10-20(11-9-19)18-15(21)12-22-16-14-5-3-2-4-13(14)6-7-17-16/h2-7H,8-12H2,1H3,(H,18,21). The number of fused-ring (bicyclic) bond motifs is 1. The fourth-order valence-electron chi connectivity index (χ4n) is 2.47. The Morgan fingerprint density at radius 3 is 2.82 bits per heavy atom. The van der Waals surface area contributed by atoms with Crippen LogP contribution in [0.15, 0.2) is 41.6 Å². The summed E-state index contributed by atoms with van der Waals surface area (Å²) in [5, 5.41) is 5.16. The van der Waals surface area contributed by atoms with Crippen LogP contribution in [0.1, 0.15) is 0 Å². The smallest absolute Gasteiger partial charge is 0.244 e. The molecule has 1 N–H and O–H groups in total. The molecule has 0 unspecified atom stereocenters. The number of amides is 1. The van der Waals surface area contributed by atoms with Gasteiger partial charge in [-0.3, -0.25) is 10.2 Å². The molecule has 2 heterocycles. The van der Waals surface area contributed by atoms with Crippen LogP contribution in [0.5, 0.6) is 0 Å². The van der Waals surface area contributed by atoms with Crippen LogP contribution >= 0.6 is 11.8 Å². The normalized spacial score (nSPS) is 16.8. The molecule has 1 fully saturated rings. The summed E-state index contributed by atoms with van der Waals surface area (Å²) in [7, 11) is 2.10. The van der Waals surface area contributed by atoms with Crippen molar-refractivity contribution < 1.29 is 4.79 Å². The van der Waals surface area contributed by atoms with E-state index < -0.39 is 0 Å². The quantitative estimate of drug-likeness (QED) is 0.869. The van der Waals surface area contributed by atoms with E-state index in [4.69, 9.17) is 0 Å². The monoisotopic (exact) mass is 316 g/mol. The minimum absolute atomic E-state index is 0.0317. The van der Waals surface area contributed by atoms with Gasteiger partial charge < -0.3 is 4.90 Å². The van der Waals surface area contributed by atoms with E-state index in [0.717, 1.165) is 42.0 Å². The molecule has 2 aromatic rings. The molecule has 5 nitrogen and oxygen atoms in total. The van der Waals surface area contributed by atoms with Crippen LogP contribution in [-0.2, 0) is 4.79 Å². The number of hydrogen-bond donors (Lipinski definition) is 1. The molecule has 0 aliphatic carbocycles. The van der Waals surface area contributed by atoms with Gasteiger partial charge in [0.05, 0.1) is 5.75 Å². The predicted octanol–water partition coefficient (Wildman–Crippen LogP) is 1.61. The lowest BCUT2D eigenvalue weighted by atomic mass is 10.2. The molecule has 1 aliphatic rings. The lowest BCUT2D eigenvalue weighted by molar-refractivity contribution is -0.124. The number of benzene rings is 1. The average Bonchev–Trinajstić information content (AvgIpc) is 2.55. The summed E-state index contributed by atoms with van der Waals surface area (Å²) in [6, 6.07) is 10.1. The van der Waals surface area contributed by atoms with Gasteiger partial charge in [0.2, 0.25) is 5.91 Å². The zero-order valence-corrected chi connectivity index (χ0v) is 13.5. The van der Waals surface area contributed by atoms with E-state index in [1.54, 1.807) is 6.20 Å². The number of thioether (sulfide) groups is 1. The highest BCUT2D eigenvalue weighted by molar-refractivity contribution is 8.00. The first-order chi connectivity index (χ1) is 10.7. The van der Waals surface area contributed by atoms with Crippen molar-refractivity contribution in [2.45, 2.75) is 5.03 Å². The van der Waals surface area contributed by atoms with Crippen molar-refractivity contribution in [3.63, 3.8) is 0 Å². The van der Waals surface area contributed by atoms with E-state index in [0.29, 0.717) is 5.75 Å². The molecule has 1 aliphatic heterocycles. The summed E-state index contributed by atoms with van der Waals surface area (Å²) >= 11 is 1.49. The third-order valence-corrected chi connectivity index (χ3v) is 4.77. The molecule has 0 saturated carbocycles. The Morgan fingerprint density at radius 1 is 1.23 bits per heavy atom. The topological polar surface area (TPSA) is 48.5 Å². The average molecular weight is 316 g/mol. The molecule has 1 aromatic heterocycles. The van der Waals surface area contributed by atoms with Crippen LogP contribution in [0.2, 0.25) is 0 Å². The number of pyridine rings is 1. The Balaban J connectivity index is 1.56. The molecule has 1 aromatic carbocycles. The third-order valence-electron chi connectivity index (χ3n) is 3.76. The molecular formula is C16H20N4OS. The number of aromatic nitrogens is 1. The fraction of sp³-hybridized carbons (Fsp3) is 0.375. The molecule has 0 atom stereocenters. The second kappa shape index (κ2) is 7.09. The van der Waals surface area contributed by atoms with Crippen molar-refractivity contribution >= 4 is 28.4 Å². The van der Waals surface area contributed by atoms with Gasteiger partial charge in [-0.05, 0) is 18.5 Å². The Bertz CT molecular complexity index is 650. The van der Waals surface area contributed by atoms with E-state index in [-0.39, 0.29) is 5.91 Å². The largest absolute Gasteiger partial charge is 0.304 e. The molecule has 0 radical (unpaired) electrons. The summed E-state index contributed by atoms with van der Waals surface area (Å²) in [5.41, 5.74) is 2.98. The van der Waals surface area contributed by atoms with Crippen molar-refractivity contribution in [3.05, 3.63) is 36.5 Å². The van der Waals surface area contributed by atoms with Crippen LogP contribution in [0, 0.1) is 0 Å². The van der Waals surface area contributed by atoms with Gasteiger partial charge in [-0.25, -0.2) is 9.99 Å². The molecule has 6 heteroatoms. The number of likely N-dealkylation sites (N-methyl/N-ethyl adjacent to an activating group) is 1. The van der Waals surface area contributed by atoms with Crippen molar-refractivity contribution in [2.24, 2.45) is 0 Å². The lowest BCUT2D eigenvalue weighted by Gasteiger charge is -2.32. The van der Waals surface area contributed by atoms with E-state index in [1.165, 1.54) is 11.8 Å². The molecular weight excluding hydrogens is 296 g/mol. The second-order valence-electron chi connectivity index (χ2n) is 5.45. The van der Waals surface area contributed by atoms with E-state index in [9.17, 15) is 4.79 Å². The summed E-state index contributed by atoms with van der Waals surface area (Å²) in [6.45, 7) is 3.72. The number of hydrazine groups is 1. The number of rotatable bonds is 4. The molecule has 3 rings (SSSR count). The van der Waals surface area contributed by atoms with Gasteiger partial charge in [0.25, 0.3) is 0 Å². The van der Waals surface area contributed by atoms with Gasteiger partial charge >= 0.3 is 0 Å². The minimum atomic E-state index is 0.0317. The molecule has 116 valence electrons. The van der Waals surface area contributed by atoms with Crippen molar-refractivity contribution in [2.75, 3.05) is 39.0 Å². The summed E-state index contributed by atoms with van der Waals surface area (Å²) in [4.78, 5) is 18.7. The van der Waals surface area contributed by atoms with E-state index in [1.807, 2.05) is 29.3 Å². The third kappa shape index (κ3) is 3.76. The summed E-state index contributed by atoms with van der Waals surface area (Å²) < 4.78 is 0. The first-order valence-corrected chi connectivity index (χ1v) is 8.40. The number of nitrogens with zero attached hydrogens (tertiary/aromatic N) is 3. The number of hydrogen-bond acceptors (Lipinski definition) is 5. The highest BCUT2D eigenvalue weighted by Crippen LogP contribution is 2.25. The highest BCUT2D eigenvalue weighted by Gasteiger charge is 2.16. The second-order valence-corrected chi connectivity index (χ2v) is 6.42. The lowest BCUT2D eigenvalue weighted by Crippen LogP contribution is -2.52. The molecule has 0 spiro atoms. The highest BCUT2D eigenvalue weighted by atomic mass is 32.2. The first kappa shape index (κ1) is 15.3. The van der Waals surface area contributed by atoms with Gasteiger partial charge in [0.15, 0.2) is 0 Å². The fourth-order valence-corrected chi connectivity index (χ4v) is 3.28. The number of carbonyl (C=O) groups is 1. The maximum absolute atomic E-state index is 12.1. The molecule has 22 heavy (non-hydrogen) atoms. The van der Waals surface area contributed by atoms with Crippen LogP contribution in [-0.4, -0.2) is 59.8 Å². The van der Waals surface area contributed by atoms with E-state index >= 15 is 0 Å². The summed E-state index contributed by atoms with van der Waals surface area (Å²) in [6.07, 6.45) is 1.79. The predicted molar refractivity (Wildman–Crippen MR) is 89.7 cm³/mol. The van der Waals surface area contributed by atoms with Crippen molar-refractivity contribution in [3.8, 4) is 0 Å². The van der Waals surface area contributed by atoms with Crippen LogP contribution < -0.4 is 5.43 Å². The van der Waals surface area contributed by atoms with Crippen LogP contribution in [0.4, 0.5) is 0 Å². The Kier molecular flexibility index (Phi) is 4.92. The minimum Gasteiger partial charge on any atom is -0.304 e. The number of piperazine rings is 1. The Morgan fingerprint density at radius 2 is 2.00 bits per heavy atom. The number of carbonyl (C=O) groups excluding carboxylic acids is 1. The van der Waals surface area contributed by atoms with Crippen molar-refractivity contribution in [1.82, 2.24) is 20.3 Å². The number of nitrogens with one attached hydrogen (secondary N) is 1. The van der Waals surface area contributed by atoms with E-state index in [2.05, 4.69) is 28.4 Å². The zero-order valence-electron chi connectivity index (χ0n) is 12.7. The first-order valence-electron chi connectivity index (χ1n) is 7.42. The van der Waals surface area contributed by atoms with Crippen LogP contribution in [0.25, 0.3) is 10.8 Å². The van der Waals surface area contributed by atoms with Crippen LogP contribution in [0.3, 0.4) is 0 Å².